The molecule has 1 unspecified atom stereocenters. The van der Waals surface area contributed by atoms with E-state index in [2.05, 4.69) is 5.10 Å². The zero-order chi connectivity index (χ0) is 14.2. The van der Waals surface area contributed by atoms with Gasteiger partial charge in [-0.25, -0.2) is 8.42 Å². The Morgan fingerprint density at radius 2 is 2.26 bits per heavy atom. The van der Waals surface area contributed by atoms with Crippen LogP contribution in [0.3, 0.4) is 0 Å². The van der Waals surface area contributed by atoms with E-state index in [9.17, 15) is 8.42 Å². The first-order valence-corrected chi connectivity index (χ1v) is 7.65. The highest BCUT2D eigenvalue weighted by molar-refractivity contribution is 7.89. The summed E-state index contributed by atoms with van der Waals surface area (Å²) in [5.41, 5.74) is 6.24. The van der Waals surface area contributed by atoms with Gasteiger partial charge < -0.3 is 10.5 Å². The number of aryl methyl sites for hydroxylation is 1. The number of likely N-dealkylation sites (N-methyl/N-ethyl adjacent to an activating group) is 1. The molecule has 19 heavy (non-hydrogen) atoms. The molecular weight excluding hydrogens is 268 g/mol. The summed E-state index contributed by atoms with van der Waals surface area (Å²) >= 11 is 0. The molecule has 8 heteroatoms. The molecule has 0 aliphatic carbocycles. The lowest BCUT2D eigenvalue weighted by Gasteiger charge is -2.20. The molecule has 108 valence electrons. The second kappa shape index (κ2) is 5.10. The molecule has 1 aliphatic heterocycles. The average Bonchev–Trinajstić information content (AvgIpc) is 2.88. The summed E-state index contributed by atoms with van der Waals surface area (Å²) in [5, 5.41) is 3.95. The highest BCUT2D eigenvalue weighted by atomic mass is 32.2. The maximum Gasteiger partial charge on any atom is 0.248 e. The Balaban J connectivity index is 2.25. The van der Waals surface area contributed by atoms with Gasteiger partial charge in [0.15, 0.2) is 5.82 Å². The number of ether oxygens (including phenoxy) is 1. The Morgan fingerprint density at radius 3 is 2.74 bits per heavy atom. The van der Waals surface area contributed by atoms with Crippen LogP contribution in [0.4, 0.5) is 5.82 Å². The molecule has 2 heterocycles. The van der Waals surface area contributed by atoms with Gasteiger partial charge in [-0.3, -0.25) is 4.68 Å². The van der Waals surface area contributed by atoms with Crippen molar-refractivity contribution in [1.29, 1.82) is 0 Å². The van der Waals surface area contributed by atoms with E-state index in [1.165, 1.54) is 8.99 Å². The van der Waals surface area contributed by atoms with Crippen molar-refractivity contribution in [1.82, 2.24) is 14.1 Å². The van der Waals surface area contributed by atoms with Crippen molar-refractivity contribution >= 4 is 15.8 Å². The Bertz CT molecular complexity index is 561. The Hall–Kier alpha value is -1.12. The third-order valence-corrected chi connectivity index (χ3v) is 5.45. The number of hydrogen-bond donors (Lipinski definition) is 1. The minimum absolute atomic E-state index is 0.0297. The van der Waals surface area contributed by atoms with E-state index in [-0.39, 0.29) is 16.8 Å². The van der Waals surface area contributed by atoms with Crippen LogP contribution in [-0.2, 0) is 21.8 Å². The van der Waals surface area contributed by atoms with E-state index < -0.39 is 10.0 Å². The van der Waals surface area contributed by atoms with E-state index >= 15 is 0 Å². The molecule has 0 amide bonds. The molecule has 0 bridgehead atoms. The minimum Gasteiger partial charge on any atom is -0.381 e. The quantitative estimate of drug-likeness (QED) is 0.849. The Labute approximate surface area is 113 Å². The summed E-state index contributed by atoms with van der Waals surface area (Å²) in [4.78, 5) is 0.0931. The SMILES string of the molecule is Cc1c(S(=O)(=O)N(C)CC2CCCO2)c(N)nn1C. The van der Waals surface area contributed by atoms with Crippen molar-refractivity contribution in [2.24, 2.45) is 7.05 Å². The first kappa shape index (κ1) is 14.3. The maximum atomic E-state index is 12.5. The van der Waals surface area contributed by atoms with Gasteiger partial charge in [0.1, 0.15) is 4.90 Å². The zero-order valence-corrected chi connectivity index (χ0v) is 12.3. The molecule has 1 aromatic rings. The van der Waals surface area contributed by atoms with E-state index in [4.69, 9.17) is 10.5 Å². The van der Waals surface area contributed by atoms with E-state index in [1.54, 1.807) is 21.0 Å². The van der Waals surface area contributed by atoms with Crippen LogP contribution >= 0.6 is 0 Å². The standard InChI is InChI=1S/C11H20N4O3S/c1-8-10(11(12)13-15(8)3)19(16,17)14(2)7-9-5-4-6-18-9/h9H,4-7H2,1-3H3,(H2,12,13). The third-order valence-electron chi connectivity index (χ3n) is 3.46. The smallest absolute Gasteiger partial charge is 0.248 e. The fraction of sp³-hybridized carbons (Fsp3) is 0.727. The van der Waals surface area contributed by atoms with Crippen molar-refractivity contribution in [2.75, 3.05) is 25.9 Å². The largest absolute Gasteiger partial charge is 0.381 e. The first-order valence-electron chi connectivity index (χ1n) is 6.21. The van der Waals surface area contributed by atoms with E-state index in [0.29, 0.717) is 18.8 Å². The summed E-state index contributed by atoms with van der Waals surface area (Å²) < 4.78 is 33.3. The first-order chi connectivity index (χ1) is 8.84. The number of nitrogens with zero attached hydrogens (tertiary/aromatic N) is 3. The molecule has 0 aromatic carbocycles. The van der Waals surface area contributed by atoms with Crippen LogP contribution in [0, 0.1) is 6.92 Å². The fourth-order valence-electron chi connectivity index (χ4n) is 2.26. The van der Waals surface area contributed by atoms with Crippen LogP contribution in [0.1, 0.15) is 18.5 Å². The molecule has 0 spiro atoms. The third kappa shape index (κ3) is 2.60. The molecule has 1 aromatic heterocycles. The predicted octanol–water partition coefficient (Wildman–Crippen LogP) is 0.110. The minimum atomic E-state index is -3.62. The molecule has 1 saturated heterocycles. The molecule has 1 fully saturated rings. The van der Waals surface area contributed by atoms with Crippen molar-refractivity contribution in [3.05, 3.63) is 5.69 Å². The maximum absolute atomic E-state index is 12.5. The van der Waals surface area contributed by atoms with Gasteiger partial charge in [-0.15, -0.1) is 0 Å². The normalized spacial score (nSPS) is 20.3. The number of hydrogen-bond acceptors (Lipinski definition) is 5. The van der Waals surface area contributed by atoms with Gasteiger partial charge in [0.05, 0.1) is 11.8 Å². The van der Waals surface area contributed by atoms with Crippen molar-refractivity contribution in [3.8, 4) is 0 Å². The number of rotatable bonds is 4. The van der Waals surface area contributed by atoms with Crippen LogP contribution in [-0.4, -0.2) is 48.8 Å². The summed E-state index contributed by atoms with van der Waals surface area (Å²) in [7, 11) is -0.406. The van der Waals surface area contributed by atoms with Gasteiger partial charge in [0.25, 0.3) is 0 Å². The van der Waals surface area contributed by atoms with Crippen LogP contribution in [0.2, 0.25) is 0 Å². The second-order valence-electron chi connectivity index (χ2n) is 4.84. The number of sulfonamides is 1. The van der Waals surface area contributed by atoms with Gasteiger partial charge in [0.2, 0.25) is 10.0 Å². The number of aromatic nitrogens is 2. The lowest BCUT2D eigenvalue weighted by molar-refractivity contribution is 0.0979. The van der Waals surface area contributed by atoms with Crippen molar-refractivity contribution in [3.63, 3.8) is 0 Å². The van der Waals surface area contributed by atoms with Crippen LogP contribution in [0.25, 0.3) is 0 Å². The number of nitrogens with two attached hydrogens (primary N) is 1. The molecule has 0 saturated carbocycles. The predicted molar refractivity (Wildman–Crippen MR) is 71.1 cm³/mol. The lowest BCUT2D eigenvalue weighted by atomic mass is 10.2. The highest BCUT2D eigenvalue weighted by Crippen LogP contribution is 2.25. The number of nitrogen functional groups attached to an aromatic ring is 1. The van der Waals surface area contributed by atoms with Gasteiger partial charge >= 0.3 is 0 Å². The van der Waals surface area contributed by atoms with Gasteiger partial charge in [-0.2, -0.15) is 9.40 Å². The lowest BCUT2D eigenvalue weighted by Crippen LogP contribution is -2.34. The molecule has 0 radical (unpaired) electrons. The Kier molecular flexibility index (Phi) is 3.84. The van der Waals surface area contributed by atoms with Crippen LogP contribution < -0.4 is 5.73 Å². The average molecular weight is 288 g/mol. The molecule has 2 N–H and O–H groups in total. The fourth-order valence-corrected chi connectivity index (χ4v) is 3.75. The summed E-state index contributed by atoms with van der Waals surface area (Å²) in [6, 6.07) is 0. The van der Waals surface area contributed by atoms with Gasteiger partial charge in [-0.05, 0) is 19.8 Å². The summed E-state index contributed by atoms with van der Waals surface area (Å²) in [5.74, 6) is 0.0409. The Morgan fingerprint density at radius 1 is 1.58 bits per heavy atom. The van der Waals surface area contributed by atoms with Gasteiger partial charge in [0, 0.05) is 27.2 Å². The van der Waals surface area contributed by atoms with Crippen molar-refractivity contribution in [2.45, 2.75) is 30.8 Å². The molecular formula is C11H20N4O3S. The zero-order valence-electron chi connectivity index (χ0n) is 11.5. The van der Waals surface area contributed by atoms with Crippen LogP contribution in [0.5, 0.6) is 0 Å². The molecule has 1 atom stereocenters. The van der Waals surface area contributed by atoms with Crippen molar-refractivity contribution < 1.29 is 13.2 Å². The van der Waals surface area contributed by atoms with E-state index in [1.807, 2.05) is 0 Å². The van der Waals surface area contributed by atoms with E-state index in [0.717, 1.165) is 12.8 Å². The number of anilines is 1. The topological polar surface area (TPSA) is 90.4 Å². The summed E-state index contributed by atoms with van der Waals surface area (Å²) in [6.07, 6.45) is 1.84. The summed E-state index contributed by atoms with van der Waals surface area (Å²) in [6.45, 7) is 2.73. The monoisotopic (exact) mass is 288 g/mol. The molecule has 1 aliphatic rings. The highest BCUT2D eigenvalue weighted by Gasteiger charge is 2.31. The van der Waals surface area contributed by atoms with Gasteiger partial charge in [-0.1, -0.05) is 0 Å². The molecule has 7 nitrogen and oxygen atoms in total. The van der Waals surface area contributed by atoms with Crippen LogP contribution in [0.15, 0.2) is 4.90 Å². The molecule has 2 rings (SSSR count). The second-order valence-corrected chi connectivity index (χ2v) is 6.83.